The second kappa shape index (κ2) is 7.73. The predicted molar refractivity (Wildman–Crippen MR) is 97.2 cm³/mol. The van der Waals surface area contributed by atoms with Crippen LogP contribution in [0, 0.1) is 11.6 Å². The van der Waals surface area contributed by atoms with E-state index in [0.717, 1.165) is 12.1 Å². The van der Waals surface area contributed by atoms with Gasteiger partial charge in [0.1, 0.15) is 11.1 Å². The van der Waals surface area contributed by atoms with Gasteiger partial charge in [0.15, 0.2) is 17.4 Å². The minimum Gasteiger partial charge on any atom is -0.505 e. The van der Waals surface area contributed by atoms with Crippen molar-refractivity contribution in [3.63, 3.8) is 0 Å². The maximum absolute atomic E-state index is 13.4. The smallest absolute Gasteiger partial charge is 0.267 e. The first-order valence-corrected chi connectivity index (χ1v) is 8.37. The van der Waals surface area contributed by atoms with Crippen molar-refractivity contribution in [2.24, 2.45) is 7.05 Å². The molecule has 3 N–H and O–H groups in total. The highest BCUT2D eigenvalue weighted by atomic mass is 19.2. The number of amides is 1. The van der Waals surface area contributed by atoms with Crippen LogP contribution in [-0.2, 0) is 13.5 Å². The number of aromatic hydroxyl groups is 1. The molecule has 0 fully saturated rings. The summed E-state index contributed by atoms with van der Waals surface area (Å²) in [6.07, 6.45) is 1.65. The number of aliphatic hydroxyl groups is 1. The van der Waals surface area contributed by atoms with E-state index < -0.39 is 34.4 Å². The normalized spacial score (nSPS) is 11.0. The van der Waals surface area contributed by atoms with Crippen LogP contribution >= 0.6 is 0 Å². The molecule has 0 spiro atoms. The van der Waals surface area contributed by atoms with Gasteiger partial charge in [-0.1, -0.05) is 6.07 Å². The van der Waals surface area contributed by atoms with E-state index in [2.05, 4.69) is 10.3 Å². The largest absolute Gasteiger partial charge is 0.505 e. The number of halogens is 2. The minimum absolute atomic E-state index is 0.0466. The third kappa shape index (κ3) is 3.56. The zero-order chi connectivity index (χ0) is 20.4. The molecule has 3 aromatic rings. The quantitative estimate of drug-likeness (QED) is 0.609. The summed E-state index contributed by atoms with van der Waals surface area (Å²) in [5, 5.41) is 21.5. The van der Waals surface area contributed by atoms with Crippen LogP contribution in [0.5, 0.6) is 5.75 Å². The average molecular weight is 389 g/mol. The van der Waals surface area contributed by atoms with Gasteiger partial charge in [0.05, 0.1) is 12.1 Å². The molecule has 0 radical (unpaired) electrons. The van der Waals surface area contributed by atoms with Crippen LogP contribution in [-0.4, -0.2) is 38.8 Å². The van der Waals surface area contributed by atoms with Crippen LogP contribution in [0.25, 0.3) is 11.0 Å². The third-order valence-electron chi connectivity index (χ3n) is 4.28. The van der Waals surface area contributed by atoms with E-state index in [1.54, 1.807) is 6.07 Å². The number of aryl methyl sites for hydroxylation is 1. The van der Waals surface area contributed by atoms with Gasteiger partial charge in [-0.05, 0) is 35.7 Å². The zero-order valence-corrected chi connectivity index (χ0v) is 14.9. The lowest BCUT2D eigenvalue weighted by molar-refractivity contribution is 0.0940. The van der Waals surface area contributed by atoms with Crippen molar-refractivity contribution in [2.75, 3.05) is 13.2 Å². The summed E-state index contributed by atoms with van der Waals surface area (Å²) >= 11 is 0. The number of fused-ring (bicyclic) bond motifs is 1. The number of hydrogen-bond acceptors (Lipinski definition) is 5. The first-order chi connectivity index (χ1) is 13.3. The van der Waals surface area contributed by atoms with Crippen LogP contribution < -0.4 is 10.9 Å². The Labute approximate surface area is 157 Å². The Morgan fingerprint density at radius 3 is 2.64 bits per heavy atom. The highest BCUT2D eigenvalue weighted by molar-refractivity contribution is 6.01. The van der Waals surface area contributed by atoms with Crippen LogP contribution in [0.15, 0.2) is 35.3 Å². The second-order valence-electron chi connectivity index (χ2n) is 6.20. The summed E-state index contributed by atoms with van der Waals surface area (Å²) in [5.74, 6) is -3.29. The van der Waals surface area contributed by atoms with E-state index >= 15 is 0 Å². The van der Waals surface area contributed by atoms with Crippen molar-refractivity contribution < 1.29 is 23.8 Å². The number of hydrogen-bond donors (Lipinski definition) is 3. The maximum atomic E-state index is 13.4. The molecule has 2 aromatic heterocycles. The van der Waals surface area contributed by atoms with Crippen molar-refractivity contribution in [3.8, 4) is 5.75 Å². The van der Waals surface area contributed by atoms with Crippen molar-refractivity contribution in [1.29, 1.82) is 0 Å². The maximum Gasteiger partial charge on any atom is 0.267 e. The molecule has 0 saturated heterocycles. The highest BCUT2D eigenvalue weighted by Crippen LogP contribution is 2.25. The molecule has 0 atom stereocenters. The molecule has 1 amide bonds. The molecule has 28 heavy (non-hydrogen) atoms. The zero-order valence-electron chi connectivity index (χ0n) is 14.9. The molecular formula is C19H17F2N3O4. The minimum atomic E-state index is -0.963. The summed E-state index contributed by atoms with van der Waals surface area (Å²) in [6.45, 7) is -0.383. The molecule has 7 nitrogen and oxygen atoms in total. The first kappa shape index (κ1) is 19.4. The van der Waals surface area contributed by atoms with Gasteiger partial charge >= 0.3 is 0 Å². The van der Waals surface area contributed by atoms with Crippen molar-refractivity contribution in [2.45, 2.75) is 6.42 Å². The fourth-order valence-electron chi connectivity index (χ4n) is 2.87. The number of aromatic nitrogens is 2. The molecule has 3 rings (SSSR count). The fraction of sp³-hybridized carbons (Fsp3) is 0.211. The standard InChI is InChI=1S/C19H17F2N3O4/c1-24-14-8-11(6-10-2-3-12(20)13(21)7-10)9-23-16(14)17(26)15(19(24)28)18(27)22-4-5-25/h2-3,7-9,25-26H,4-6H2,1H3,(H,22,27). The van der Waals surface area contributed by atoms with E-state index in [-0.39, 0.29) is 30.6 Å². The number of carbonyl (C=O) groups is 1. The van der Waals surface area contributed by atoms with Gasteiger partial charge in [-0.25, -0.2) is 8.78 Å². The summed E-state index contributed by atoms with van der Waals surface area (Å²) in [6, 6.07) is 5.12. The van der Waals surface area contributed by atoms with Crippen LogP contribution in [0.2, 0.25) is 0 Å². The number of nitrogens with one attached hydrogen (secondary N) is 1. The average Bonchev–Trinajstić information content (AvgIpc) is 2.67. The number of aliphatic hydroxyl groups excluding tert-OH is 1. The van der Waals surface area contributed by atoms with Gasteiger partial charge in [-0.15, -0.1) is 0 Å². The molecule has 2 heterocycles. The van der Waals surface area contributed by atoms with Crippen LogP contribution in [0.4, 0.5) is 8.78 Å². The van der Waals surface area contributed by atoms with E-state index in [9.17, 15) is 23.5 Å². The molecule has 9 heteroatoms. The van der Waals surface area contributed by atoms with Gasteiger partial charge < -0.3 is 20.1 Å². The van der Waals surface area contributed by atoms with Gasteiger partial charge in [-0.2, -0.15) is 0 Å². The van der Waals surface area contributed by atoms with E-state index in [0.29, 0.717) is 11.1 Å². The molecule has 0 aliphatic carbocycles. The molecular weight excluding hydrogens is 372 g/mol. The van der Waals surface area contributed by atoms with Crippen molar-refractivity contribution in [1.82, 2.24) is 14.9 Å². The number of carbonyl (C=O) groups excluding carboxylic acids is 1. The van der Waals surface area contributed by atoms with Gasteiger partial charge in [0, 0.05) is 19.8 Å². The molecule has 146 valence electrons. The summed E-state index contributed by atoms with van der Waals surface area (Å²) in [5.41, 5.74) is 0.239. The van der Waals surface area contributed by atoms with E-state index in [1.165, 1.54) is 23.9 Å². The van der Waals surface area contributed by atoms with Crippen molar-refractivity contribution >= 4 is 16.9 Å². The van der Waals surface area contributed by atoms with Gasteiger partial charge in [0.25, 0.3) is 11.5 Å². The van der Waals surface area contributed by atoms with E-state index in [4.69, 9.17) is 5.11 Å². The molecule has 0 unspecified atom stereocenters. The van der Waals surface area contributed by atoms with Gasteiger partial charge in [0.2, 0.25) is 0 Å². The van der Waals surface area contributed by atoms with E-state index in [1.807, 2.05) is 0 Å². The Morgan fingerprint density at radius 2 is 1.96 bits per heavy atom. The Kier molecular flexibility index (Phi) is 5.36. The molecule has 0 saturated carbocycles. The fourth-order valence-corrected chi connectivity index (χ4v) is 2.87. The Balaban J connectivity index is 2.05. The molecule has 0 bridgehead atoms. The lowest BCUT2D eigenvalue weighted by Gasteiger charge is -2.12. The number of benzene rings is 1. The monoisotopic (exact) mass is 389 g/mol. The summed E-state index contributed by atoms with van der Waals surface area (Å²) < 4.78 is 27.6. The topological polar surface area (TPSA) is 104 Å². The molecule has 1 aromatic carbocycles. The predicted octanol–water partition coefficient (Wildman–Crippen LogP) is 1.23. The third-order valence-corrected chi connectivity index (χ3v) is 4.28. The lowest BCUT2D eigenvalue weighted by atomic mass is 10.0. The van der Waals surface area contributed by atoms with Crippen LogP contribution in [0.3, 0.4) is 0 Å². The summed E-state index contributed by atoms with van der Waals surface area (Å²) in [7, 11) is 1.43. The second-order valence-corrected chi connectivity index (χ2v) is 6.20. The number of rotatable bonds is 5. The first-order valence-electron chi connectivity index (χ1n) is 8.37. The van der Waals surface area contributed by atoms with Crippen molar-refractivity contribution in [3.05, 3.63) is 69.1 Å². The van der Waals surface area contributed by atoms with Gasteiger partial charge in [-0.3, -0.25) is 14.6 Å². The SMILES string of the molecule is Cn1c(=O)c(C(=O)NCCO)c(O)c2ncc(Cc3ccc(F)c(F)c3)cc21. The lowest BCUT2D eigenvalue weighted by Crippen LogP contribution is -2.34. The Hall–Kier alpha value is -3.33. The summed E-state index contributed by atoms with van der Waals surface area (Å²) in [4.78, 5) is 28.8. The molecule has 0 aliphatic heterocycles. The number of nitrogens with zero attached hydrogens (tertiary/aromatic N) is 2. The number of pyridine rings is 2. The van der Waals surface area contributed by atoms with Crippen LogP contribution in [0.1, 0.15) is 21.5 Å². The highest BCUT2D eigenvalue weighted by Gasteiger charge is 2.22. The molecule has 0 aliphatic rings. The Morgan fingerprint density at radius 1 is 1.21 bits per heavy atom. The Bertz CT molecular complexity index is 1130.